The van der Waals surface area contributed by atoms with Crippen molar-refractivity contribution >= 4 is 11.7 Å². The van der Waals surface area contributed by atoms with Crippen LogP contribution in [0, 0.1) is 23.2 Å². The summed E-state index contributed by atoms with van der Waals surface area (Å²) in [5.74, 6) is 1.74. The SMILES string of the molecule is CC(C)(C)C1CC(CNC(=O)[C@@H]2CCC(=O)C2)C1. The Morgan fingerprint density at radius 2 is 2.00 bits per heavy atom. The van der Waals surface area contributed by atoms with Crippen LogP contribution in [0.5, 0.6) is 0 Å². The minimum absolute atomic E-state index is 0.0454. The highest BCUT2D eigenvalue weighted by Gasteiger charge is 2.37. The van der Waals surface area contributed by atoms with Gasteiger partial charge in [-0.3, -0.25) is 9.59 Å². The van der Waals surface area contributed by atoms with Crippen molar-refractivity contribution in [2.45, 2.75) is 52.9 Å². The summed E-state index contributed by atoms with van der Waals surface area (Å²) >= 11 is 0. The van der Waals surface area contributed by atoms with Gasteiger partial charge in [-0.1, -0.05) is 20.8 Å². The van der Waals surface area contributed by atoms with E-state index in [4.69, 9.17) is 0 Å². The maximum absolute atomic E-state index is 11.9. The van der Waals surface area contributed by atoms with Gasteiger partial charge < -0.3 is 5.32 Å². The van der Waals surface area contributed by atoms with E-state index in [0.29, 0.717) is 24.2 Å². The summed E-state index contributed by atoms with van der Waals surface area (Å²) in [6, 6.07) is 0. The Bertz CT molecular complexity index is 337. The van der Waals surface area contributed by atoms with Crippen LogP contribution in [0.1, 0.15) is 52.9 Å². The van der Waals surface area contributed by atoms with Crippen LogP contribution in [0.4, 0.5) is 0 Å². The summed E-state index contributed by atoms with van der Waals surface area (Å²) in [7, 11) is 0. The fourth-order valence-corrected chi connectivity index (χ4v) is 3.04. The number of ketones is 1. The fourth-order valence-electron chi connectivity index (χ4n) is 3.04. The molecule has 2 aliphatic carbocycles. The smallest absolute Gasteiger partial charge is 0.223 e. The number of rotatable bonds is 3. The van der Waals surface area contributed by atoms with Crippen molar-refractivity contribution in [2.24, 2.45) is 23.2 Å². The van der Waals surface area contributed by atoms with Gasteiger partial charge in [-0.15, -0.1) is 0 Å². The Labute approximate surface area is 110 Å². The zero-order valence-electron chi connectivity index (χ0n) is 11.8. The van der Waals surface area contributed by atoms with Gasteiger partial charge in [0.1, 0.15) is 5.78 Å². The van der Waals surface area contributed by atoms with Gasteiger partial charge in [0.25, 0.3) is 0 Å². The lowest BCUT2D eigenvalue weighted by Gasteiger charge is -2.43. The molecule has 1 atom stereocenters. The third kappa shape index (κ3) is 3.12. The van der Waals surface area contributed by atoms with Gasteiger partial charge in [-0.25, -0.2) is 0 Å². The quantitative estimate of drug-likeness (QED) is 0.838. The van der Waals surface area contributed by atoms with E-state index in [2.05, 4.69) is 26.1 Å². The molecule has 0 bridgehead atoms. The molecule has 0 aliphatic heterocycles. The number of carbonyl (C=O) groups excluding carboxylic acids is 2. The summed E-state index contributed by atoms with van der Waals surface area (Å²) < 4.78 is 0. The first-order valence-electron chi connectivity index (χ1n) is 7.15. The molecule has 3 heteroatoms. The predicted octanol–water partition coefficient (Wildman–Crippen LogP) is 2.54. The van der Waals surface area contributed by atoms with Crippen LogP contribution in [0.25, 0.3) is 0 Å². The Kier molecular flexibility index (Phi) is 3.79. The fraction of sp³-hybridized carbons (Fsp3) is 0.867. The average Bonchev–Trinajstić information content (AvgIpc) is 2.60. The van der Waals surface area contributed by atoms with Gasteiger partial charge in [-0.05, 0) is 36.5 Å². The molecule has 2 fully saturated rings. The van der Waals surface area contributed by atoms with E-state index in [9.17, 15) is 9.59 Å². The van der Waals surface area contributed by atoms with Crippen molar-refractivity contribution in [3.05, 3.63) is 0 Å². The molecule has 0 aromatic heterocycles. The van der Waals surface area contributed by atoms with Crippen LogP contribution < -0.4 is 5.32 Å². The first kappa shape index (κ1) is 13.6. The van der Waals surface area contributed by atoms with Gasteiger partial charge in [0.05, 0.1) is 0 Å². The second-order valence-corrected chi connectivity index (χ2v) is 7.12. The summed E-state index contributed by atoms with van der Waals surface area (Å²) in [5.41, 5.74) is 0.401. The lowest BCUT2D eigenvalue weighted by molar-refractivity contribution is -0.127. The Morgan fingerprint density at radius 3 is 2.50 bits per heavy atom. The van der Waals surface area contributed by atoms with Gasteiger partial charge in [0.15, 0.2) is 0 Å². The molecule has 0 aromatic carbocycles. The highest BCUT2D eigenvalue weighted by atomic mass is 16.2. The zero-order chi connectivity index (χ0) is 13.3. The molecule has 0 unspecified atom stereocenters. The topological polar surface area (TPSA) is 46.2 Å². The van der Waals surface area contributed by atoms with E-state index >= 15 is 0 Å². The van der Waals surface area contributed by atoms with Gasteiger partial charge in [-0.2, -0.15) is 0 Å². The Balaban J connectivity index is 1.65. The molecule has 1 N–H and O–H groups in total. The van der Waals surface area contributed by atoms with E-state index in [1.165, 1.54) is 12.8 Å². The molecular weight excluding hydrogens is 226 g/mol. The minimum atomic E-state index is -0.0454. The van der Waals surface area contributed by atoms with Crippen molar-refractivity contribution in [2.75, 3.05) is 6.54 Å². The molecule has 0 aromatic rings. The van der Waals surface area contributed by atoms with Crippen LogP contribution >= 0.6 is 0 Å². The third-order valence-corrected chi connectivity index (χ3v) is 4.64. The molecule has 1 amide bonds. The molecule has 102 valence electrons. The second-order valence-electron chi connectivity index (χ2n) is 7.12. The lowest BCUT2D eigenvalue weighted by Crippen LogP contribution is -2.41. The number of carbonyl (C=O) groups is 2. The van der Waals surface area contributed by atoms with Crippen LogP contribution in [-0.2, 0) is 9.59 Å². The maximum Gasteiger partial charge on any atom is 0.223 e. The summed E-state index contributed by atoms with van der Waals surface area (Å²) in [6.07, 6.45) is 4.26. The van der Waals surface area contributed by atoms with Crippen molar-refractivity contribution in [3.8, 4) is 0 Å². The summed E-state index contributed by atoms with van der Waals surface area (Å²) in [6.45, 7) is 7.67. The van der Waals surface area contributed by atoms with Gasteiger partial charge in [0, 0.05) is 25.3 Å². The Hall–Kier alpha value is -0.860. The summed E-state index contributed by atoms with van der Waals surface area (Å²) in [4.78, 5) is 23.0. The maximum atomic E-state index is 11.9. The van der Waals surface area contributed by atoms with Crippen molar-refractivity contribution in [3.63, 3.8) is 0 Å². The normalized spacial score (nSPS) is 32.2. The van der Waals surface area contributed by atoms with Crippen LogP contribution in [0.3, 0.4) is 0 Å². The number of nitrogens with one attached hydrogen (secondary N) is 1. The number of hydrogen-bond donors (Lipinski definition) is 1. The van der Waals surface area contributed by atoms with Crippen molar-refractivity contribution in [1.29, 1.82) is 0 Å². The van der Waals surface area contributed by atoms with E-state index in [-0.39, 0.29) is 17.6 Å². The number of hydrogen-bond acceptors (Lipinski definition) is 2. The third-order valence-electron chi connectivity index (χ3n) is 4.64. The predicted molar refractivity (Wildman–Crippen MR) is 71.0 cm³/mol. The number of amides is 1. The molecule has 0 spiro atoms. The molecule has 2 saturated carbocycles. The molecule has 0 heterocycles. The molecule has 0 saturated heterocycles. The first-order chi connectivity index (χ1) is 8.36. The number of Topliss-reactive ketones (excluding diaryl/α,β-unsaturated/α-hetero) is 1. The zero-order valence-corrected chi connectivity index (χ0v) is 11.8. The average molecular weight is 251 g/mol. The van der Waals surface area contributed by atoms with E-state index < -0.39 is 0 Å². The van der Waals surface area contributed by atoms with E-state index in [1.807, 2.05) is 0 Å². The molecular formula is C15H25NO2. The van der Waals surface area contributed by atoms with E-state index in [1.54, 1.807) is 0 Å². The van der Waals surface area contributed by atoms with Crippen LogP contribution in [-0.4, -0.2) is 18.2 Å². The highest BCUT2D eigenvalue weighted by Crippen LogP contribution is 2.44. The molecule has 18 heavy (non-hydrogen) atoms. The largest absolute Gasteiger partial charge is 0.356 e. The first-order valence-corrected chi connectivity index (χ1v) is 7.15. The van der Waals surface area contributed by atoms with E-state index in [0.717, 1.165) is 18.9 Å². The van der Waals surface area contributed by atoms with Crippen molar-refractivity contribution < 1.29 is 9.59 Å². The highest BCUT2D eigenvalue weighted by molar-refractivity contribution is 5.89. The lowest BCUT2D eigenvalue weighted by atomic mass is 9.63. The standard InChI is InChI=1S/C15H25NO2/c1-15(2,3)12-6-10(7-12)9-16-14(18)11-4-5-13(17)8-11/h10-12H,4-9H2,1-3H3,(H,16,18)/t10?,11-,12?/m1/s1. The molecule has 2 rings (SSSR count). The van der Waals surface area contributed by atoms with Crippen molar-refractivity contribution in [1.82, 2.24) is 5.32 Å². The monoisotopic (exact) mass is 251 g/mol. The second kappa shape index (κ2) is 5.02. The molecule has 2 aliphatic rings. The summed E-state index contributed by atoms with van der Waals surface area (Å²) in [5, 5.41) is 3.03. The van der Waals surface area contributed by atoms with Gasteiger partial charge in [0.2, 0.25) is 5.91 Å². The van der Waals surface area contributed by atoms with Gasteiger partial charge >= 0.3 is 0 Å². The van der Waals surface area contributed by atoms with Crippen LogP contribution in [0.15, 0.2) is 0 Å². The minimum Gasteiger partial charge on any atom is -0.356 e. The molecule has 3 nitrogen and oxygen atoms in total. The Morgan fingerprint density at radius 1 is 1.33 bits per heavy atom. The van der Waals surface area contributed by atoms with Crippen LogP contribution in [0.2, 0.25) is 0 Å². The molecule has 0 radical (unpaired) electrons.